The molecule has 0 amide bonds. The van der Waals surface area contributed by atoms with Crippen LogP contribution in [0.2, 0.25) is 0 Å². The molecule has 0 spiro atoms. The molecule has 0 saturated carbocycles. The van der Waals surface area contributed by atoms with Crippen LogP contribution in [0.1, 0.15) is 25.2 Å². The summed E-state index contributed by atoms with van der Waals surface area (Å²) < 4.78 is 5.30. The normalized spacial score (nSPS) is 25.1. The second kappa shape index (κ2) is 5.67. The Morgan fingerprint density at radius 2 is 2.22 bits per heavy atom. The second-order valence-corrected chi connectivity index (χ2v) is 5.23. The van der Waals surface area contributed by atoms with Gasteiger partial charge < -0.3 is 10.1 Å². The zero-order valence-corrected chi connectivity index (χ0v) is 11.7. The van der Waals surface area contributed by atoms with E-state index in [1.165, 1.54) is 0 Å². The number of nitrogens with one attached hydrogen (secondary N) is 1. The van der Waals surface area contributed by atoms with Crippen LogP contribution in [0.15, 0.2) is 12.1 Å². The highest BCUT2D eigenvalue weighted by Gasteiger charge is 2.22. The Balaban J connectivity index is 2.10. The van der Waals surface area contributed by atoms with Crippen molar-refractivity contribution >= 4 is 0 Å². The molecule has 0 aliphatic carbocycles. The quantitative estimate of drug-likeness (QED) is 0.882. The number of aryl methyl sites for hydroxylation is 1. The van der Waals surface area contributed by atoms with E-state index in [2.05, 4.69) is 29.0 Å². The summed E-state index contributed by atoms with van der Waals surface area (Å²) in [6.07, 6.45) is 0. The lowest BCUT2D eigenvalue weighted by Crippen LogP contribution is -2.53. The summed E-state index contributed by atoms with van der Waals surface area (Å²) in [7, 11) is 1.70. The van der Waals surface area contributed by atoms with Crippen molar-refractivity contribution in [2.24, 2.45) is 0 Å². The highest BCUT2D eigenvalue weighted by molar-refractivity contribution is 5.26. The van der Waals surface area contributed by atoms with Crippen molar-refractivity contribution in [2.45, 2.75) is 39.4 Å². The maximum Gasteiger partial charge on any atom is 0.122 e. The van der Waals surface area contributed by atoms with E-state index in [0.717, 1.165) is 36.8 Å². The minimum absolute atomic E-state index is 0.549. The van der Waals surface area contributed by atoms with Crippen molar-refractivity contribution in [2.75, 3.05) is 20.2 Å². The fraction of sp³-hybridized carbons (Fsp3) is 0.643. The van der Waals surface area contributed by atoms with Gasteiger partial charge in [-0.25, -0.2) is 0 Å². The molecule has 100 valence electrons. The van der Waals surface area contributed by atoms with Crippen LogP contribution < -0.4 is 10.1 Å². The van der Waals surface area contributed by atoms with Gasteiger partial charge in [-0.15, -0.1) is 0 Å². The van der Waals surface area contributed by atoms with Crippen molar-refractivity contribution in [1.29, 1.82) is 0 Å². The number of ether oxygens (including phenoxy) is 1. The molecule has 4 heteroatoms. The molecular formula is C14H23N3O. The first kappa shape index (κ1) is 13.3. The van der Waals surface area contributed by atoms with E-state index in [4.69, 9.17) is 4.74 Å². The van der Waals surface area contributed by atoms with Crippen LogP contribution in [-0.4, -0.2) is 42.2 Å². The molecule has 2 unspecified atom stereocenters. The highest BCUT2D eigenvalue weighted by Crippen LogP contribution is 2.17. The lowest BCUT2D eigenvalue weighted by Gasteiger charge is -2.37. The average Bonchev–Trinajstić information content (AvgIpc) is 2.33. The fourth-order valence-corrected chi connectivity index (χ4v) is 2.43. The maximum absolute atomic E-state index is 5.30. The number of nitrogens with zero attached hydrogens (tertiary/aromatic N) is 2. The third-order valence-corrected chi connectivity index (χ3v) is 3.47. The molecule has 1 aromatic heterocycles. The van der Waals surface area contributed by atoms with E-state index in [1.807, 2.05) is 19.1 Å². The zero-order valence-electron chi connectivity index (χ0n) is 11.7. The highest BCUT2D eigenvalue weighted by atomic mass is 16.5. The summed E-state index contributed by atoms with van der Waals surface area (Å²) in [6, 6.07) is 5.10. The summed E-state index contributed by atoms with van der Waals surface area (Å²) in [5, 5.41) is 3.49. The number of hydrogen-bond donors (Lipinski definition) is 1. The Labute approximate surface area is 109 Å². The Bertz CT molecular complexity index is 408. The maximum atomic E-state index is 5.30. The SMILES string of the molecule is COc1cc(C)nc(CN2CC(C)NCC2C)c1. The van der Waals surface area contributed by atoms with Crippen molar-refractivity contribution in [3.05, 3.63) is 23.5 Å². The van der Waals surface area contributed by atoms with Crippen LogP contribution in [-0.2, 0) is 6.54 Å². The number of pyridine rings is 1. The molecule has 2 atom stereocenters. The molecule has 4 nitrogen and oxygen atoms in total. The summed E-state index contributed by atoms with van der Waals surface area (Å²) >= 11 is 0. The molecule has 1 fully saturated rings. The first-order valence-electron chi connectivity index (χ1n) is 6.57. The second-order valence-electron chi connectivity index (χ2n) is 5.23. The zero-order chi connectivity index (χ0) is 13.1. The summed E-state index contributed by atoms with van der Waals surface area (Å²) in [5.41, 5.74) is 2.10. The molecule has 1 N–H and O–H groups in total. The summed E-state index contributed by atoms with van der Waals surface area (Å²) in [4.78, 5) is 7.07. The van der Waals surface area contributed by atoms with Gasteiger partial charge in [-0.2, -0.15) is 0 Å². The molecule has 1 aromatic rings. The van der Waals surface area contributed by atoms with Gasteiger partial charge in [-0.1, -0.05) is 0 Å². The molecule has 18 heavy (non-hydrogen) atoms. The first-order chi connectivity index (χ1) is 8.58. The number of piperazine rings is 1. The first-order valence-corrected chi connectivity index (χ1v) is 6.57. The number of rotatable bonds is 3. The predicted octanol–water partition coefficient (Wildman–Crippen LogP) is 1.58. The number of aromatic nitrogens is 1. The molecular weight excluding hydrogens is 226 g/mol. The van der Waals surface area contributed by atoms with Crippen molar-refractivity contribution in [3.8, 4) is 5.75 Å². The molecule has 2 rings (SSSR count). The fourth-order valence-electron chi connectivity index (χ4n) is 2.43. The molecule has 0 radical (unpaired) electrons. The minimum atomic E-state index is 0.549. The Hall–Kier alpha value is -1.13. The molecule has 0 aromatic carbocycles. The largest absolute Gasteiger partial charge is 0.497 e. The standard InChI is InChI=1S/C14H23N3O/c1-10-5-14(18-4)6-13(16-10)9-17-8-11(2)15-7-12(17)3/h5-6,11-12,15H,7-9H2,1-4H3. The van der Waals surface area contributed by atoms with Gasteiger partial charge in [0, 0.05) is 49.5 Å². The summed E-state index contributed by atoms with van der Waals surface area (Å²) in [6.45, 7) is 9.50. The van der Waals surface area contributed by atoms with E-state index in [0.29, 0.717) is 12.1 Å². The van der Waals surface area contributed by atoms with E-state index in [-0.39, 0.29) is 0 Å². The predicted molar refractivity (Wildman–Crippen MR) is 72.9 cm³/mol. The molecule has 0 bridgehead atoms. The van der Waals surface area contributed by atoms with Gasteiger partial charge in [0.05, 0.1) is 12.8 Å². The third-order valence-electron chi connectivity index (χ3n) is 3.47. The van der Waals surface area contributed by atoms with Crippen LogP contribution in [0.25, 0.3) is 0 Å². The van der Waals surface area contributed by atoms with Gasteiger partial charge in [0.25, 0.3) is 0 Å². The van der Waals surface area contributed by atoms with Crippen LogP contribution >= 0.6 is 0 Å². The Kier molecular flexibility index (Phi) is 4.19. The van der Waals surface area contributed by atoms with Gasteiger partial charge in [0.15, 0.2) is 0 Å². The van der Waals surface area contributed by atoms with E-state index < -0.39 is 0 Å². The Morgan fingerprint density at radius 3 is 2.94 bits per heavy atom. The average molecular weight is 249 g/mol. The topological polar surface area (TPSA) is 37.4 Å². The van der Waals surface area contributed by atoms with Crippen LogP contribution in [0.3, 0.4) is 0 Å². The van der Waals surface area contributed by atoms with E-state index in [9.17, 15) is 0 Å². The lowest BCUT2D eigenvalue weighted by molar-refractivity contribution is 0.137. The van der Waals surface area contributed by atoms with Gasteiger partial charge >= 0.3 is 0 Å². The molecule has 1 aliphatic rings. The van der Waals surface area contributed by atoms with Gasteiger partial charge in [-0.3, -0.25) is 9.88 Å². The van der Waals surface area contributed by atoms with Crippen molar-refractivity contribution in [1.82, 2.24) is 15.2 Å². The van der Waals surface area contributed by atoms with Gasteiger partial charge in [-0.05, 0) is 20.8 Å². The molecule has 1 saturated heterocycles. The smallest absolute Gasteiger partial charge is 0.122 e. The minimum Gasteiger partial charge on any atom is -0.497 e. The van der Waals surface area contributed by atoms with Gasteiger partial charge in [0.2, 0.25) is 0 Å². The lowest BCUT2D eigenvalue weighted by atomic mass is 10.1. The van der Waals surface area contributed by atoms with Crippen molar-refractivity contribution < 1.29 is 4.74 Å². The Morgan fingerprint density at radius 1 is 1.44 bits per heavy atom. The molecule has 1 aliphatic heterocycles. The van der Waals surface area contributed by atoms with Crippen LogP contribution in [0, 0.1) is 6.92 Å². The van der Waals surface area contributed by atoms with E-state index >= 15 is 0 Å². The van der Waals surface area contributed by atoms with Crippen molar-refractivity contribution in [3.63, 3.8) is 0 Å². The number of methoxy groups -OCH3 is 1. The van der Waals surface area contributed by atoms with Crippen LogP contribution in [0.5, 0.6) is 5.75 Å². The summed E-state index contributed by atoms with van der Waals surface area (Å²) in [5.74, 6) is 0.897. The van der Waals surface area contributed by atoms with Gasteiger partial charge in [0.1, 0.15) is 5.75 Å². The number of hydrogen-bond acceptors (Lipinski definition) is 4. The van der Waals surface area contributed by atoms with Crippen LogP contribution in [0.4, 0.5) is 0 Å². The molecule has 2 heterocycles. The van der Waals surface area contributed by atoms with E-state index in [1.54, 1.807) is 7.11 Å². The third kappa shape index (κ3) is 3.21. The monoisotopic (exact) mass is 249 g/mol.